The summed E-state index contributed by atoms with van der Waals surface area (Å²) in [5.74, 6) is 1.46. The third-order valence-corrected chi connectivity index (χ3v) is 5.09. The molecule has 1 unspecified atom stereocenters. The molecular formula is C16H25BN2O2. The molecule has 0 spiro atoms. The van der Waals surface area contributed by atoms with Crippen LogP contribution in [0.4, 0.5) is 5.82 Å². The molecule has 1 atom stereocenters. The van der Waals surface area contributed by atoms with Gasteiger partial charge in [-0.25, -0.2) is 4.98 Å². The van der Waals surface area contributed by atoms with E-state index in [4.69, 9.17) is 9.31 Å². The highest BCUT2D eigenvalue weighted by atomic mass is 16.7. The zero-order valence-corrected chi connectivity index (χ0v) is 13.5. The van der Waals surface area contributed by atoms with E-state index in [0.29, 0.717) is 5.82 Å². The molecule has 0 aliphatic carbocycles. The predicted octanol–water partition coefficient (Wildman–Crippen LogP) is 3.14. The fourth-order valence-electron chi connectivity index (χ4n) is 3.06. The van der Waals surface area contributed by atoms with Crippen LogP contribution in [0.3, 0.4) is 0 Å². The van der Waals surface area contributed by atoms with Crippen LogP contribution in [0, 0.1) is 0 Å². The zero-order valence-electron chi connectivity index (χ0n) is 13.5. The quantitative estimate of drug-likeness (QED) is 0.783. The molecule has 2 fully saturated rings. The van der Waals surface area contributed by atoms with E-state index in [2.05, 4.69) is 43.6 Å². The lowest BCUT2D eigenvalue weighted by molar-refractivity contribution is 0.00578. The van der Waals surface area contributed by atoms with E-state index in [9.17, 15) is 0 Å². The summed E-state index contributed by atoms with van der Waals surface area (Å²) < 4.78 is 12.4. The summed E-state index contributed by atoms with van der Waals surface area (Å²) in [6.45, 7) is 10.5. The first-order valence-electron chi connectivity index (χ1n) is 7.91. The number of anilines is 1. The van der Waals surface area contributed by atoms with Crippen molar-refractivity contribution in [2.75, 3.05) is 18.0 Å². The van der Waals surface area contributed by atoms with Gasteiger partial charge in [-0.3, -0.25) is 0 Å². The first kappa shape index (κ1) is 14.9. The summed E-state index contributed by atoms with van der Waals surface area (Å²) in [4.78, 5) is 6.81. The molecule has 1 aromatic rings. The van der Waals surface area contributed by atoms with E-state index in [1.165, 1.54) is 0 Å². The van der Waals surface area contributed by atoms with E-state index in [-0.39, 0.29) is 18.3 Å². The molecule has 0 N–H and O–H groups in total. The highest BCUT2D eigenvalue weighted by molar-refractivity contribution is 6.47. The van der Waals surface area contributed by atoms with Gasteiger partial charge in [-0.2, -0.15) is 0 Å². The van der Waals surface area contributed by atoms with Crippen LogP contribution in [-0.2, 0) is 9.31 Å². The smallest absolute Gasteiger partial charge is 0.403 e. The Kier molecular flexibility index (Phi) is 3.74. The second-order valence-electron chi connectivity index (χ2n) is 7.16. The molecule has 2 aliphatic rings. The van der Waals surface area contributed by atoms with Crippen LogP contribution < -0.4 is 4.90 Å². The van der Waals surface area contributed by atoms with Crippen LogP contribution >= 0.6 is 0 Å². The van der Waals surface area contributed by atoms with Crippen molar-refractivity contribution in [2.24, 2.45) is 0 Å². The molecule has 4 nitrogen and oxygen atoms in total. The Morgan fingerprint density at radius 3 is 2.52 bits per heavy atom. The topological polar surface area (TPSA) is 34.6 Å². The average molecular weight is 288 g/mol. The van der Waals surface area contributed by atoms with E-state index in [1.807, 2.05) is 18.3 Å². The molecule has 0 aromatic carbocycles. The lowest BCUT2D eigenvalue weighted by atomic mass is 9.67. The fourth-order valence-corrected chi connectivity index (χ4v) is 3.06. The van der Waals surface area contributed by atoms with Crippen molar-refractivity contribution in [3.05, 3.63) is 24.4 Å². The largest absolute Gasteiger partial charge is 0.462 e. The molecule has 114 valence electrons. The van der Waals surface area contributed by atoms with Gasteiger partial charge in [-0.1, -0.05) is 6.07 Å². The number of nitrogens with zero attached hydrogens (tertiary/aromatic N) is 2. The van der Waals surface area contributed by atoms with Gasteiger partial charge in [-0.05, 0) is 52.7 Å². The molecule has 3 rings (SSSR count). The second-order valence-corrected chi connectivity index (χ2v) is 7.16. The first-order chi connectivity index (χ1) is 9.89. The number of hydrogen-bond acceptors (Lipinski definition) is 4. The minimum Gasteiger partial charge on any atom is -0.403 e. The van der Waals surface area contributed by atoms with Crippen molar-refractivity contribution < 1.29 is 9.31 Å². The summed E-state index contributed by atoms with van der Waals surface area (Å²) in [7, 11) is -0.110. The standard InChI is InChI=1S/C16H25BN2O2/c1-15(2)16(3,4)21-17(20-15)13-8-7-11-19(12-13)14-9-5-6-10-18-14/h5-6,9-10,13H,7-8,11-12H2,1-4H3. The lowest BCUT2D eigenvalue weighted by Crippen LogP contribution is -2.41. The van der Waals surface area contributed by atoms with Gasteiger partial charge in [0.25, 0.3) is 0 Å². The average Bonchev–Trinajstić information content (AvgIpc) is 2.69. The van der Waals surface area contributed by atoms with Gasteiger partial charge >= 0.3 is 7.12 Å². The number of piperidine rings is 1. The van der Waals surface area contributed by atoms with Crippen LogP contribution in [-0.4, -0.2) is 36.4 Å². The van der Waals surface area contributed by atoms with E-state index < -0.39 is 0 Å². The second kappa shape index (κ2) is 5.29. The summed E-state index contributed by atoms with van der Waals surface area (Å²) in [5, 5.41) is 0. The van der Waals surface area contributed by atoms with Gasteiger partial charge in [0.15, 0.2) is 0 Å². The van der Waals surface area contributed by atoms with Crippen molar-refractivity contribution in [1.82, 2.24) is 4.98 Å². The van der Waals surface area contributed by atoms with Gasteiger partial charge in [0, 0.05) is 25.1 Å². The highest BCUT2D eigenvalue weighted by Crippen LogP contribution is 2.42. The molecule has 5 heteroatoms. The molecule has 2 saturated heterocycles. The van der Waals surface area contributed by atoms with Gasteiger partial charge in [0.1, 0.15) is 5.82 Å². The van der Waals surface area contributed by atoms with Crippen LogP contribution in [0.25, 0.3) is 0 Å². The zero-order chi connectivity index (χ0) is 15.1. The highest BCUT2D eigenvalue weighted by Gasteiger charge is 2.54. The molecule has 1 aromatic heterocycles. The normalized spacial score (nSPS) is 27.9. The molecule has 2 aliphatic heterocycles. The Morgan fingerprint density at radius 2 is 1.90 bits per heavy atom. The van der Waals surface area contributed by atoms with Crippen LogP contribution in [0.2, 0.25) is 5.82 Å². The van der Waals surface area contributed by atoms with Gasteiger partial charge in [-0.15, -0.1) is 0 Å². The van der Waals surface area contributed by atoms with Crippen molar-refractivity contribution in [3.8, 4) is 0 Å². The van der Waals surface area contributed by atoms with Crippen LogP contribution in [0.1, 0.15) is 40.5 Å². The van der Waals surface area contributed by atoms with Gasteiger partial charge in [0.2, 0.25) is 0 Å². The van der Waals surface area contributed by atoms with E-state index in [1.54, 1.807) is 0 Å². The lowest BCUT2D eigenvalue weighted by Gasteiger charge is -2.34. The van der Waals surface area contributed by atoms with Crippen molar-refractivity contribution in [1.29, 1.82) is 0 Å². The molecule has 0 radical (unpaired) electrons. The maximum Gasteiger partial charge on any atom is 0.462 e. The Bertz CT molecular complexity index is 476. The minimum atomic E-state index is -0.245. The third-order valence-electron chi connectivity index (χ3n) is 5.09. The first-order valence-corrected chi connectivity index (χ1v) is 7.91. The van der Waals surface area contributed by atoms with E-state index in [0.717, 1.165) is 31.7 Å². The molecule has 21 heavy (non-hydrogen) atoms. The molecule has 0 bridgehead atoms. The van der Waals surface area contributed by atoms with Crippen molar-refractivity contribution in [2.45, 2.75) is 57.6 Å². The SMILES string of the molecule is CC1(C)OB(C2CCCN(c3ccccn3)C2)OC1(C)C. The molecule has 3 heterocycles. The Balaban J connectivity index is 1.70. The van der Waals surface area contributed by atoms with Crippen LogP contribution in [0.5, 0.6) is 0 Å². The molecule has 0 saturated carbocycles. The monoisotopic (exact) mass is 288 g/mol. The number of rotatable bonds is 2. The summed E-state index contributed by atoms with van der Waals surface area (Å²) in [5.41, 5.74) is -0.490. The van der Waals surface area contributed by atoms with E-state index >= 15 is 0 Å². The Morgan fingerprint density at radius 1 is 1.19 bits per heavy atom. The number of hydrogen-bond donors (Lipinski definition) is 0. The van der Waals surface area contributed by atoms with Gasteiger partial charge in [0.05, 0.1) is 11.2 Å². The van der Waals surface area contributed by atoms with Crippen LogP contribution in [0.15, 0.2) is 24.4 Å². The predicted molar refractivity (Wildman–Crippen MR) is 85.5 cm³/mol. The van der Waals surface area contributed by atoms with Gasteiger partial charge < -0.3 is 14.2 Å². The summed E-state index contributed by atoms with van der Waals surface area (Å²) >= 11 is 0. The Hall–Kier alpha value is -1.07. The molecular weight excluding hydrogens is 263 g/mol. The van der Waals surface area contributed by atoms with Crippen molar-refractivity contribution >= 4 is 12.9 Å². The molecule has 0 amide bonds. The maximum absolute atomic E-state index is 6.22. The third kappa shape index (κ3) is 2.81. The summed E-state index contributed by atoms with van der Waals surface area (Å²) in [6, 6.07) is 6.08. The number of pyridine rings is 1. The minimum absolute atomic E-state index is 0.110. The summed E-state index contributed by atoms with van der Waals surface area (Å²) in [6.07, 6.45) is 4.17. The Labute approximate surface area is 128 Å². The fraction of sp³-hybridized carbons (Fsp3) is 0.688. The maximum atomic E-state index is 6.22. The van der Waals surface area contributed by atoms with Crippen molar-refractivity contribution in [3.63, 3.8) is 0 Å². The number of aromatic nitrogens is 1.